The smallest absolute Gasteiger partial charge is 0.241 e. The van der Waals surface area contributed by atoms with Crippen LogP contribution in [0.2, 0.25) is 0 Å². The molecule has 2 saturated heterocycles. The summed E-state index contributed by atoms with van der Waals surface area (Å²) in [5.41, 5.74) is 10.6. The molecule has 0 aliphatic carbocycles. The number of nitrogens with one attached hydrogen (secondary N) is 4. The van der Waals surface area contributed by atoms with Crippen LogP contribution >= 0.6 is 0 Å². The van der Waals surface area contributed by atoms with Crippen LogP contribution in [-0.2, 0) is 19.2 Å². The predicted octanol–water partition coefficient (Wildman–Crippen LogP) is -4.10. The number of hydrogen-bond acceptors (Lipinski definition) is 7. The van der Waals surface area contributed by atoms with E-state index in [0.717, 1.165) is 0 Å². The van der Waals surface area contributed by atoms with Crippen molar-refractivity contribution in [3.8, 4) is 0 Å². The molecule has 3 atom stereocenters. The number of carbonyl (C=O) groups excluding carboxylic acids is 4. The summed E-state index contributed by atoms with van der Waals surface area (Å²) in [6.45, 7) is 1.06. The topological polar surface area (TPSA) is 187 Å². The minimum absolute atomic E-state index is 0.0825. The van der Waals surface area contributed by atoms with Gasteiger partial charge in [-0.3, -0.25) is 34.4 Å². The summed E-state index contributed by atoms with van der Waals surface area (Å²) < 4.78 is 0. The maximum absolute atomic E-state index is 12.7. The monoisotopic (exact) mass is 396 g/mol. The van der Waals surface area contributed by atoms with Crippen LogP contribution in [0, 0.1) is 5.41 Å². The third kappa shape index (κ3) is 5.89. The second-order valence-corrected chi connectivity index (χ2v) is 7.17. The first-order valence-corrected chi connectivity index (χ1v) is 9.09. The Hall–Kier alpha value is -2.73. The largest absolute Gasteiger partial charge is 0.370 e. The quantitative estimate of drug-likeness (QED) is 0.136. The van der Waals surface area contributed by atoms with Gasteiger partial charge in [0.25, 0.3) is 0 Å². The van der Waals surface area contributed by atoms with Gasteiger partial charge < -0.3 is 27.4 Å². The van der Waals surface area contributed by atoms with Crippen molar-refractivity contribution in [3.63, 3.8) is 0 Å². The number of Topliss-reactive ketones (excluding diaryl/α,β-unsaturated/α-hetero) is 1. The fourth-order valence-electron chi connectivity index (χ4n) is 3.41. The Labute approximate surface area is 162 Å². The Kier molecular flexibility index (Phi) is 7.29. The van der Waals surface area contributed by atoms with Crippen molar-refractivity contribution in [1.29, 1.82) is 5.41 Å². The number of carbonyl (C=O) groups is 4. The van der Waals surface area contributed by atoms with Crippen LogP contribution in [0.15, 0.2) is 0 Å². The minimum atomic E-state index is -0.879. The summed E-state index contributed by atoms with van der Waals surface area (Å²) in [4.78, 5) is 51.8. The Balaban J connectivity index is 2.04. The molecule has 3 amide bonds. The molecule has 0 unspecified atom stereocenters. The minimum Gasteiger partial charge on any atom is -0.370 e. The number of rotatable bonds is 8. The second-order valence-electron chi connectivity index (χ2n) is 7.17. The molecular weight excluding hydrogens is 368 g/mol. The Morgan fingerprint density at radius 2 is 1.93 bits per heavy atom. The Morgan fingerprint density at radius 3 is 2.54 bits per heavy atom. The maximum Gasteiger partial charge on any atom is 0.241 e. The molecule has 8 N–H and O–H groups in total. The van der Waals surface area contributed by atoms with Crippen molar-refractivity contribution in [2.45, 2.75) is 31.0 Å². The summed E-state index contributed by atoms with van der Waals surface area (Å²) in [5, 5.41) is 15.1. The molecule has 2 rings (SSSR count). The van der Waals surface area contributed by atoms with Gasteiger partial charge in [0, 0.05) is 19.6 Å². The molecule has 0 aromatic carbocycles. The van der Waals surface area contributed by atoms with E-state index in [1.54, 1.807) is 16.8 Å². The number of nitrogens with zero attached hydrogens (tertiary/aromatic N) is 2. The molecule has 12 heteroatoms. The number of amides is 3. The third-order valence-corrected chi connectivity index (χ3v) is 4.78. The number of nitrogens with two attached hydrogens (primary N) is 2. The first-order valence-electron chi connectivity index (χ1n) is 9.09. The summed E-state index contributed by atoms with van der Waals surface area (Å²) in [7, 11) is 1.75. The molecule has 0 saturated carbocycles. The van der Waals surface area contributed by atoms with Gasteiger partial charge in [-0.05, 0) is 19.9 Å². The summed E-state index contributed by atoms with van der Waals surface area (Å²) >= 11 is 0. The highest BCUT2D eigenvalue weighted by Gasteiger charge is 2.38. The van der Waals surface area contributed by atoms with Crippen molar-refractivity contribution < 1.29 is 19.2 Å². The van der Waals surface area contributed by atoms with Gasteiger partial charge in [0.15, 0.2) is 11.7 Å². The van der Waals surface area contributed by atoms with Gasteiger partial charge >= 0.3 is 0 Å². The number of likely N-dealkylation sites (N-methyl/N-ethyl adjacent to an activating group) is 1. The lowest BCUT2D eigenvalue weighted by molar-refractivity contribution is -0.139. The normalized spacial score (nSPS) is 26.2. The highest BCUT2D eigenvalue weighted by Crippen LogP contribution is 2.14. The lowest BCUT2D eigenvalue weighted by Gasteiger charge is -2.39. The zero-order valence-corrected chi connectivity index (χ0v) is 15.9. The van der Waals surface area contributed by atoms with Crippen LogP contribution in [0.1, 0.15) is 12.8 Å². The molecule has 0 spiro atoms. The average Bonchev–Trinajstić information content (AvgIpc) is 2.58. The van der Waals surface area contributed by atoms with E-state index in [-0.39, 0.29) is 43.2 Å². The van der Waals surface area contributed by atoms with Crippen LogP contribution in [-0.4, -0.2) is 97.2 Å². The van der Waals surface area contributed by atoms with Crippen LogP contribution in [0.5, 0.6) is 0 Å². The first-order chi connectivity index (χ1) is 13.2. The molecular formula is C16H28N8O4. The van der Waals surface area contributed by atoms with E-state index in [0.29, 0.717) is 25.9 Å². The number of ketones is 1. The van der Waals surface area contributed by atoms with Crippen molar-refractivity contribution in [2.75, 3.05) is 39.8 Å². The molecule has 2 aliphatic rings. The van der Waals surface area contributed by atoms with Crippen molar-refractivity contribution in [3.05, 3.63) is 0 Å². The zero-order chi connectivity index (χ0) is 20.8. The lowest BCUT2D eigenvalue weighted by atomic mass is 10.0. The fourth-order valence-corrected chi connectivity index (χ4v) is 3.41. The van der Waals surface area contributed by atoms with E-state index in [1.165, 1.54) is 0 Å². The fraction of sp³-hybridized carbons (Fsp3) is 0.688. The van der Waals surface area contributed by atoms with Gasteiger partial charge in [0.2, 0.25) is 17.7 Å². The highest BCUT2D eigenvalue weighted by atomic mass is 16.2. The summed E-state index contributed by atoms with van der Waals surface area (Å²) in [5.74, 6) is -1.68. The van der Waals surface area contributed by atoms with Gasteiger partial charge in [0.05, 0.1) is 19.1 Å². The number of primary amides is 1. The van der Waals surface area contributed by atoms with Crippen LogP contribution in [0.3, 0.4) is 0 Å². The van der Waals surface area contributed by atoms with E-state index >= 15 is 0 Å². The summed E-state index contributed by atoms with van der Waals surface area (Å²) in [6.07, 6.45) is 0.939. The number of hydrogen-bond donors (Lipinski definition) is 6. The van der Waals surface area contributed by atoms with E-state index < -0.39 is 24.0 Å². The van der Waals surface area contributed by atoms with E-state index in [1.807, 2.05) is 0 Å². The van der Waals surface area contributed by atoms with E-state index in [4.69, 9.17) is 16.9 Å². The average molecular weight is 396 g/mol. The highest BCUT2D eigenvalue weighted by molar-refractivity contribution is 5.94. The number of piperazine rings is 2. The molecule has 2 heterocycles. The summed E-state index contributed by atoms with van der Waals surface area (Å²) in [6, 6.07) is -2.16. The predicted molar refractivity (Wildman–Crippen MR) is 100 cm³/mol. The first kappa shape index (κ1) is 21.6. The molecule has 2 fully saturated rings. The lowest BCUT2D eigenvalue weighted by Crippen LogP contribution is -2.65. The SMILES string of the molecule is CN1CC(=O)N[C@@H](C(=O)CN2C[C@H](C(N)=O)NC(=O)[C@@H]2CCCNC(=N)N)C1. The molecule has 0 bridgehead atoms. The molecule has 0 aromatic rings. The van der Waals surface area contributed by atoms with Gasteiger partial charge in [0.1, 0.15) is 12.1 Å². The Morgan fingerprint density at radius 1 is 1.21 bits per heavy atom. The van der Waals surface area contributed by atoms with Crippen molar-refractivity contribution >= 4 is 29.5 Å². The van der Waals surface area contributed by atoms with Gasteiger partial charge in [-0.2, -0.15) is 0 Å². The Bertz CT molecular complexity index is 655. The van der Waals surface area contributed by atoms with E-state index in [9.17, 15) is 19.2 Å². The molecule has 0 aromatic heterocycles. The van der Waals surface area contributed by atoms with Crippen LogP contribution in [0.25, 0.3) is 0 Å². The van der Waals surface area contributed by atoms with Gasteiger partial charge in [-0.25, -0.2) is 0 Å². The van der Waals surface area contributed by atoms with Crippen LogP contribution < -0.4 is 27.4 Å². The second kappa shape index (κ2) is 9.46. The standard InChI is InChI=1S/C16H28N8O4/c1-23-5-9(21-13(26)8-23)12(25)7-24-6-10(14(17)27)22-15(28)11(24)3-2-4-20-16(18)19/h9-11H,2-8H2,1H3,(H2,17,27)(H,21,26)(H,22,28)(H4,18,19,20)/t9-,10-,11+/m1/s1. The van der Waals surface area contributed by atoms with Crippen molar-refractivity contribution in [2.24, 2.45) is 11.5 Å². The van der Waals surface area contributed by atoms with Gasteiger partial charge in [-0.1, -0.05) is 0 Å². The molecule has 12 nitrogen and oxygen atoms in total. The zero-order valence-electron chi connectivity index (χ0n) is 15.9. The third-order valence-electron chi connectivity index (χ3n) is 4.78. The maximum atomic E-state index is 12.7. The molecule has 0 radical (unpaired) electrons. The molecule has 2 aliphatic heterocycles. The molecule has 156 valence electrons. The van der Waals surface area contributed by atoms with Crippen molar-refractivity contribution in [1.82, 2.24) is 25.8 Å². The molecule has 28 heavy (non-hydrogen) atoms. The van der Waals surface area contributed by atoms with Crippen LogP contribution in [0.4, 0.5) is 0 Å². The number of guanidine groups is 1. The van der Waals surface area contributed by atoms with Gasteiger partial charge in [-0.15, -0.1) is 0 Å². The van der Waals surface area contributed by atoms with E-state index in [2.05, 4.69) is 16.0 Å².